The molecule has 0 bridgehead atoms. The van der Waals surface area contributed by atoms with Crippen molar-refractivity contribution >= 4 is 17.5 Å². The van der Waals surface area contributed by atoms with Gasteiger partial charge >= 0.3 is 6.61 Å². The second-order valence-corrected chi connectivity index (χ2v) is 4.13. The van der Waals surface area contributed by atoms with E-state index in [1.165, 1.54) is 18.2 Å². The van der Waals surface area contributed by atoms with Crippen LogP contribution in [-0.2, 0) is 9.59 Å². The summed E-state index contributed by atoms with van der Waals surface area (Å²) in [5.41, 5.74) is 0.340. The maximum Gasteiger partial charge on any atom is 0.387 e. The molecule has 1 aromatic rings. The van der Waals surface area contributed by atoms with Gasteiger partial charge in [-0.1, -0.05) is 6.07 Å². The summed E-state index contributed by atoms with van der Waals surface area (Å²) in [5, 5.41) is 7.87. The van der Waals surface area contributed by atoms with E-state index in [1.54, 1.807) is 6.07 Å². The zero-order valence-electron chi connectivity index (χ0n) is 10.4. The molecule has 1 unspecified atom stereocenters. The van der Waals surface area contributed by atoms with Gasteiger partial charge in [0.25, 0.3) is 0 Å². The first-order chi connectivity index (χ1) is 9.54. The first kappa shape index (κ1) is 14.2. The molecule has 8 heteroatoms. The minimum absolute atomic E-state index is 0.0392. The van der Waals surface area contributed by atoms with Crippen molar-refractivity contribution < 1.29 is 23.1 Å². The highest BCUT2D eigenvalue weighted by atomic mass is 19.3. The molecule has 1 saturated heterocycles. The molecule has 0 spiro atoms. The largest absolute Gasteiger partial charge is 0.435 e. The normalized spacial score (nSPS) is 18.6. The molecule has 20 heavy (non-hydrogen) atoms. The predicted octanol–water partition coefficient (Wildman–Crippen LogP) is 0.314. The number of anilines is 1. The van der Waals surface area contributed by atoms with E-state index in [9.17, 15) is 18.4 Å². The fourth-order valence-corrected chi connectivity index (χ4v) is 1.73. The van der Waals surface area contributed by atoms with Gasteiger partial charge in [-0.3, -0.25) is 14.9 Å². The monoisotopic (exact) mass is 285 g/mol. The van der Waals surface area contributed by atoms with Crippen LogP contribution in [-0.4, -0.2) is 37.6 Å². The molecule has 0 aliphatic carbocycles. The molecular formula is C12H13F2N3O3. The van der Waals surface area contributed by atoms with Crippen molar-refractivity contribution in [2.45, 2.75) is 12.7 Å². The molecule has 1 fully saturated rings. The van der Waals surface area contributed by atoms with Crippen molar-refractivity contribution in [2.24, 2.45) is 0 Å². The van der Waals surface area contributed by atoms with Gasteiger partial charge in [-0.2, -0.15) is 8.78 Å². The Bertz CT molecular complexity index is 500. The molecule has 0 aromatic heterocycles. The third-order valence-corrected chi connectivity index (χ3v) is 2.66. The van der Waals surface area contributed by atoms with Gasteiger partial charge < -0.3 is 15.4 Å². The van der Waals surface area contributed by atoms with Crippen LogP contribution < -0.4 is 20.7 Å². The van der Waals surface area contributed by atoms with Crippen LogP contribution >= 0.6 is 0 Å². The van der Waals surface area contributed by atoms with E-state index in [4.69, 9.17) is 0 Å². The summed E-state index contributed by atoms with van der Waals surface area (Å²) in [6.45, 7) is -2.68. The number of piperazine rings is 1. The van der Waals surface area contributed by atoms with Crippen molar-refractivity contribution in [2.75, 3.05) is 18.4 Å². The van der Waals surface area contributed by atoms with Crippen LogP contribution in [0.15, 0.2) is 24.3 Å². The fraction of sp³-hybridized carbons (Fsp3) is 0.333. The number of alkyl halides is 2. The quantitative estimate of drug-likeness (QED) is 0.744. The van der Waals surface area contributed by atoms with Crippen molar-refractivity contribution in [1.29, 1.82) is 0 Å². The second kappa shape index (κ2) is 6.29. The number of hydrogen-bond donors (Lipinski definition) is 3. The van der Waals surface area contributed by atoms with Gasteiger partial charge in [-0.05, 0) is 12.1 Å². The van der Waals surface area contributed by atoms with Crippen LogP contribution in [0.2, 0.25) is 0 Å². The maximum atomic E-state index is 12.1. The average molecular weight is 285 g/mol. The molecule has 0 saturated carbocycles. The highest BCUT2D eigenvalue weighted by Gasteiger charge is 2.23. The van der Waals surface area contributed by atoms with Crippen LogP contribution in [0, 0.1) is 0 Å². The van der Waals surface area contributed by atoms with E-state index >= 15 is 0 Å². The first-order valence-electron chi connectivity index (χ1n) is 5.90. The lowest BCUT2D eigenvalue weighted by atomic mass is 10.2. The van der Waals surface area contributed by atoms with Gasteiger partial charge in [0.1, 0.15) is 11.8 Å². The van der Waals surface area contributed by atoms with Gasteiger partial charge in [0.2, 0.25) is 11.8 Å². The number of carbonyl (C=O) groups is 2. The maximum absolute atomic E-state index is 12.1. The van der Waals surface area contributed by atoms with Gasteiger partial charge in [0.15, 0.2) is 0 Å². The molecule has 1 aromatic carbocycles. The summed E-state index contributed by atoms with van der Waals surface area (Å²) in [6, 6.07) is 5.14. The van der Waals surface area contributed by atoms with Crippen molar-refractivity contribution in [3.8, 4) is 5.75 Å². The molecule has 1 atom stereocenters. The number of ether oxygens (including phenoxy) is 1. The van der Waals surface area contributed by atoms with Crippen molar-refractivity contribution in [3.05, 3.63) is 24.3 Å². The Hall–Kier alpha value is -2.22. The van der Waals surface area contributed by atoms with Gasteiger partial charge in [-0.15, -0.1) is 0 Å². The van der Waals surface area contributed by atoms with E-state index < -0.39 is 12.7 Å². The third-order valence-electron chi connectivity index (χ3n) is 2.66. The topological polar surface area (TPSA) is 79.5 Å². The van der Waals surface area contributed by atoms with Gasteiger partial charge in [0.05, 0.1) is 6.54 Å². The highest BCUT2D eigenvalue weighted by Crippen LogP contribution is 2.19. The average Bonchev–Trinajstić information content (AvgIpc) is 2.39. The van der Waals surface area contributed by atoms with E-state index in [-0.39, 0.29) is 30.7 Å². The smallest absolute Gasteiger partial charge is 0.387 e. The first-order valence-corrected chi connectivity index (χ1v) is 5.90. The third kappa shape index (κ3) is 3.89. The summed E-state index contributed by atoms with van der Waals surface area (Å²) in [4.78, 5) is 22.8. The van der Waals surface area contributed by atoms with Crippen LogP contribution in [0.4, 0.5) is 14.5 Å². The van der Waals surface area contributed by atoms with Crippen LogP contribution in [0.1, 0.15) is 0 Å². The second-order valence-electron chi connectivity index (χ2n) is 4.13. The molecule has 1 heterocycles. The summed E-state index contributed by atoms with van der Waals surface area (Å²) in [7, 11) is 0. The number of halogens is 2. The SMILES string of the molecule is O=C1CNC(C(=O)Nc2cccc(OC(F)F)c2)CN1. The summed E-state index contributed by atoms with van der Waals surface area (Å²) in [5.74, 6) is -0.580. The van der Waals surface area contributed by atoms with Crippen molar-refractivity contribution in [3.63, 3.8) is 0 Å². The number of hydrogen-bond acceptors (Lipinski definition) is 4. The number of benzene rings is 1. The Morgan fingerprint density at radius 2 is 2.25 bits per heavy atom. The Labute approximate surface area is 113 Å². The summed E-state index contributed by atoms with van der Waals surface area (Å²) < 4.78 is 28.4. The Kier molecular flexibility index (Phi) is 4.46. The molecule has 3 N–H and O–H groups in total. The lowest BCUT2D eigenvalue weighted by Gasteiger charge is -2.23. The Balaban J connectivity index is 1.95. The lowest BCUT2D eigenvalue weighted by Crippen LogP contribution is -2.56. The molecule has 6 nitrogen and oxygen atoms in total. The van der Waals surface area contributed by atoms with Gasteiger partial charge in [-0.25, -0.2) is 0 Å². The predicted molar refractivity (Wildman–Crippen MR) is 66.5 cm³/mol. The Morgan fingerprint density at radius 1 is 1.45 bits per heavy atom. The molecule has 2 rings (SSSR count). The summed E-state index contributed by atoms with van der Waals surface area (Å²) >= 11 is 0. The zero-order chi connectivity index (χ0) is 14.5. The van der Waals surface area contributed by atoms with Crippen LogP contribution in [0.5, 0.6) is 5.75 Å². The Morgan fingerprint density at radius 3 is 2.90 bits per heavy atom. The van der Waals surface area contributed by atoms with E-state index in [0.29, 0.717) is 5.69 Å². The molecule has 1 aliphatic heterocycles. The molecule has 2 amide bonds. The van der Waals surface area contributed by atoms with Crippen LogP contribution in [0.25, 0.3) is 0 Å². The minimum Gasteiger partial charge on any atom is -0.435 e. The zero-order valence-corrected chi connectivity index (χ0v) is 10.4. The van der Waals surface area contributed by atoms with E-state index in [2.05, 4.69) is 20.7 Å². The number of amides is 2. The van der Waals surface area contributed by atoms with E-state index in [0.717, 1.165) is 0 Å². The number of rotatable bonds is 4. The fourth-order valence-electron chi connectivity index (χ4n) is 1.73. The number of nitrogens with one attached hydrogen (secondary N) is 3. The standard InChI is InChI=1S/C12H13F2N3O3/c13-12(14)20-8-3-1-2-7(4-8)17-11(19)9-5-16-10(18)6-15-9/h1-4,9,12,15H,5-6H2,(H,16,18)(H,17,19). The molecule has 0 radical (unpaired) electrons. The van der Waals surface area contributed by atoms with Crippen molar-refractivity contribution in [1.82, 2.24) is 10.6 Å². The highest BCUT2D eigenvalue weighted by molar-refractivity contribution is 5.96. The lowest BCUT2D eigenvalue weighted by molar-refractivity contribution is -0.124. The molecule has 1 aliphatic rings. The van der Waals surface area contributed by atoms with Crippen LogP contribution in [0.3, 0.4) is 0 Å². The van der Waals surface area contributed by atoms with E-state index in [1.807, 2.05) is 0 Å². The number of carbonyl (C=O) groups excluding carboxylic acids is 2. The molecule has 108 valence electrons. The van der Waals surface area contributed by atoms with Gasteiger partial charge in [0, 0.05) is 18.3 Å². The minimum atomic E-state index is -2.92. The summed E-state index contributed by atoms with van der Waals surface area (Å²) in [6.07, 6.45) is 0. The molecular weight excluding hydrogens is 272 g/mol.